The molecule has 0 saturated carbocycles. The van der Waals surface area contributed by atoms with Crippen molar-refractivity contribution in [2.45, 2.75) is 26.2 Å². The fraction of sp³-hybridized carbons (Fsp3) is 0.600. The van der Waals surface area contributed by atoms with Crippen LogP contribution in [0.25, 0.3) is 0 Å². The number of carbonyl (C=O) groups excluding carboxylic acids is 1. The molecule has 4 nitrogen and oxygen atoms in total. The summed E-state index contributed by atoms with van der Waals surface area (Å²) in [5.74, 6) is 1.05. The number of carboxylic acid groups (broad SMARTS) is 1. The number of aliphatic carboxylic acids is 1. The van der Waals surface area contributed by atoms with Gasteiger partial charge in [0, 0.05) is 6.42 Å². The Labute approximate surface area is 83.9 Å². The third kappa shape index (κ3) is 5.20. The molecule has 0 aliphatic carbocycles. The van der Waals surface area contributed by atoms with Crippen LogP contribution in [0.5, 0.6) is 0 Å². The molecule has 4 heteroatoms. The second-order valence-electron chi connectivity index (χ2n) is 2.95. The highest BCUT2D eigenvalue weighted by molar-refractivity contribution is 5.81. The second-order valence-corrected chi connectivity index (χ2v) is 2.95. The molecule has 0 aromatic rings. The highest BCUT2D eigenvalue weighted by Gasteiger charge is 2.14. The maximum Gasteiger partial charge on any atom is 0.323 e. The maximum absolute atomic E-state index is 11.4. The lowest BCUT2D eigenvalue weighted by Gasteiger charge is -2.17. The third-order valence-electron chi connectivity index (χ3n) is 1.71. The molecule has 0 radical (unpaired) electrons. The zero-order valence-electron chi connectivity index (χ0n) is 8.32. The largest absolute Gasteiger partial charge is 0.480 e. The first-order valence-corrected chi connectivity index (χ1v) is 4.54. The summed E-state index contributed by atoms with van der Waals surface area (Å²) in [4.78, 5) is 23.0. The number of carboxylic acids is 1. The molecular formula is C10H15NO3. The lowest BCUT2D eigenvalue weighted by Crippen LogP contribution is -2.35. The molecule has 0 rings (SSSR count). The van der Waals surface area contributed by atoms with Crippen LogP contribution in [0.4, 0.5) is 0 Å². The smallest absolute Gasteiger partial charge is 0.323 e. The summed E-state index contributed by atoms with van der Waals surface area (Å²) in [6, 6.07) is 0. The number of hydrogen-bond donors (Lipinski definition) is 1. The first kappa shape index (κ1) is 12.5. The van der Waals surface area contributed by atoms with Gasteiger partial charge in [-0.1, -0.05) is 19.3 Å². The fourth-order valence-corrected chi connectivity index (χ4v) is 0.992. The summed E-state index contributed by atoms with van der Waals surface area (Å²) in [6.07, 6.45) is 7.07. The van der Waals surface area contributed by atoms with E-state index in [0.29, 0.717) is 6.42 Å². The Morgan fingerprint density at radius 2 is 2.14 bits per heavy atom. The minimum Gasteiger partial charge on any atom is -0.480 e. The normalized spacial score (nSPS) is 9.14. The average molecular weight is 197 g/mol. The van der Waals surface area contributed by atoms with Gasteiger partial charge in [0.05, 0.1) is 6.54 Å². The molecule has 0 saturated heterocycles. The maximum atomic E-state index is 11.4. The molecule has 0 fully saturated rings. The molecule has 0 aliphatic rings. The van der Waals surface area contributed by atoms with Crippen molar-refractivity contribution in [3.05, 3.63) is 0 Å². The van der Waals surface area contributed by atoms with E-state index in [2.05, 4.69) is 5.92 Å². The van der Waals surface area contributed by atoms with Crippen LogP contribution in [0.1, 0.15) is 26.2 Å². The third-order valence-corrected chi connectivity index (χ3v) is 1.71. The van der Waals surface area contributed by atoms with Crippen molar-refractivity contribution < 1.29 is 14.7 Å². The standard InChI is InChI=1S/C10H15NO3/c1-3-5-6-9(12)11(7-4-2)8-10(13)14/h2H,3,5-8H2,1H3,(H,13,14). The number of amides is 1. The number of rotatable bonds is 6. The van der Waals surface area contributed by atoms with Crippen molar-refractivity contribution in [3.63, 3.8) is 0 Å². The van der Waals surface area contributed by atoms with Gasteiger partial charge in [0.15, 0.2) is 0 Å². The molecule has 1 N–H and O–H groups in total. The number of nitrogens with zero attached hydrogens (tertiary/aromatic N) is 1. The Balaban J connectivity index is 4.12. The van der Waals surface area contributed by atoms with Crippen LogP contribution in [-0.4, -0.2) is 35.0 Å². The van der Waals surface area contributed by atoms with Gasteiger partial charge in [-0.25, -0.2) is 0 Å². The zero-order valence-corrected chi connectivity index (χ0v) is 8.32. The molecular weight excluding hydrogens is 182 g/mol. The first-order chi connectivity index (χ1) is 6.61. The van der Waals surface area contributed by atoms with E-state index in [0.717, 1.165) is 12.8 Å². The molecule has 0 bridgehead atoms. The van der Waals surface area contributed by atoms with Crippen LogP contribution in [0.15, 0.2) is 0 Å². The Morgan fingerprint density at radius 1 is 1.50 bits per heavy atom. The Kier molecular flexibility index (Phi) is 6.21. The summed E-state index contributed by atoms with van der Waals surface area (Å²) in [6.45, 7) is 1.72. The number of terminal acetylenes is 1. The summed E-state index contributed by atoms with van der Waals surface area (Å²) >= 11 is 0. The van der Waals surface area contributed by atoms with Crippen molar-refractivity contribution in [3.8, 4) is 12.3 Å². The van der Waals surface area contributed by atoms with E-state index in [4.69, 9.17) is 11.5 Å². The van der Waals surface area contributed by atoms with Crippen LogP contribution in [0.3, 0.4) is 0 Å². The molecule has 14 heavy (non-hydrogen) atoms. The van der Waals surface area contributed by atoms with Gasteiger partial charge >= 0.3 is 5.97 Å². The predicted octanol–water partition coefficient (Wildman–Crippen LogP) is 0.723. The van der Waals surface area contributed by atoms with Gasteiger partial charge in [-0.05, 0) is 6.42 Å². The van der Waals surface area contributed by atoms with Gasteiger partial charge in [-0.3, -0.25) is 9.59 Å². The van der Waals surface area contributed by atoms with E-state index in [9.17, 15) is 9.59 Å². The van der Waals surface area contributed by atoms with Crippen LogP contribution in [-0.2, 0) is 9.59 Å². The quantitative estimate of drug-likeness (QED) is 0.638. The monoisotopic (exact) mass is 197 g/mol. The average Bonchev–Trinajstić information content (AvgIpc) is 2.13. The Morgan fingerprint density at radius 3 is 2.57 bits per heavy atom. The molecule has 0 heterocycles. The van der Waals surface area contributed by atoms with Crippen molar-refractivity contribution in [1.82, 2.24) is 4.90 Å². The second kappa shape index (κ2) is 6.96. The van der Waals surface area contributed by atoms with E-state index in [1.165, 1.54) is 4.90 Å². The van der Waals surface area contributed by atoms with Crippen molar-refractivity contribution in [2.24, 2.45) is 0 Å². The van der Waals surface area contributed by atoms with E-state index >= 15 is 0 Å². The summed E-state index contributed by atoms with van der Waals surface area (Å²) in [5.41, 5.74) is 0. The van der Waals surface area contributed by atoms with Crippen molar-refractivity contribution in [2.75, 3.05) is 13.1 Å². The molecule has 0 unspecified atom stereocenters. The zero-order chi connectivity index (χ0) is 11.0. The fourth-order valence-electron chi connectivity index (χ4n) is 0.992. The topological polar surface area (TPSA) is 57.6 Å². The first-order valence-electron chi connectivity index (χ1n) is 4.54. The van der Waals surface area contributed by atoms with E-state index < -0.39 is 5.97 Å². The summed E-state index contributed by atoms with van der Waals surface area (Å²) in [7, 11) is 0. The lowest BCUT2D eigenvalue weighted by molar-refractivity contribution is -0.144. The molecule has 78 valence electrons. The summed E-state index contributed by atoms with van der Waals surface area (Å²) in [5, 5.41) is 8.52. The molecule has 0 aromatic carbocycles. The Bertz CT molecular complexity index is 242. The van der Waals surface area contributed by atoms with Crippen molar-refractivity contribution in [1.29, 1.82) is 0 Å². The van der Waals surface area contributed by atoms with Crippen LogP contribution in [0, 0.1) is 12.3 Å². The van der Waals surface area contributed by atoms with E-state index in [1.807, 2.05) is 6.92 Å². The molecule has 0 atom stereocenters. The highest BCUT2D eigenvalue weighted by atomic mass is 16.4. The number of unbranched alkanes of at least 4 members (excludes halogenated alkanes) is 1. The predicted molar refractivity (Wildman–Crippen MR) is 52.6 cm³/mol. The molecule has 0 aliphatic heterocycles. The molecule has 0 aromatic heterocycles. The Hall–Kier alpha value is -1.50. The van der Waals surface area contributed by atoms with E-state index in [1.54, 1.807) is 0 Å². The van der Waals surface area contributed by atoms with Gasteiger partial charge in [-0.15, -0.1) is 6.42 Å². The van der Waals surface area contributed by atoms with Gasteiger partial charge in [0.1, 0.15) is 6.54 Å². The van der Waals surface area contributed by atoms with Crippen LogP contribution < -0.4 is 0 Å². The number of carbonyl (C=O) groups is 2. The minimum absolute atomic E-state index is 0.0643. The van der Waals surface area contributed by atoms with E-state index in [-0.39, 0.29) is 19.0 Å². The van der Waals surface area contributed by atoms with Crippen LogP contribution in [0.2, 0.25) is 0 Å². The molecule has 1 amide bonds. The lowest BCUT2D eigenvalue weighted by atomic mass is 10.2. The van der Waals surface area contributed by atoms with Gasteiger partial charge < -0.3 is 10.0 Å². The van der Waals surface area contributed by atoms with Crippen molar-refractivity contribution >= 4 is 11.9 Å². The summed E-state index contributed by atoms with van der Waals surface area (Å²) < 4.78 is 0. The SMILES string of the molecule is C#CCN(CC(=O)O)C(=O)CCCC. The van der Waals surface area contributed by atoms with Gasteiger partial charge in [0.25, 0.3) is 0 Å². The van der Waals surface area contributed by atoms with Gasteiger partial charge in [-0.2, -0.15) is 0 Å². The minimum atomic E-state index is -1.04. The van der Waals surface area contributed by atoms with Crippen LogP contribution >= 0.6 is 0 Å². The molecule has 0 spiro atoms. The number of hydrogen-bond acceptors (Lipinski definition) is 2. The highest BCUT2D eigenvalue weighted by Crippen LogP contribution is 2.00. The van der Waals surface area contributed by atoms with Gasteiger partial charge in [0.2, 0.25) is 5.91 Å².